The van der Waals surface area contributed by atoms with Crippen LogP contribution in [0.25, 0.3) is 0 Å². The van der Waals surface area contributed by atoms with Gasteiger partial charge in [-0.1, -0.05) is 35.3 Å². The monoisotopic (exact) mass is 261 g/mol. The fourth-order valence-electron chi connectivity index (χ4n) is 1.41. The quantitative estimate of drug-likeness (QED) is 0.874. The number of nitrogens with one attached hydrogen (secondary N) is 1. The summed E-state index contributed by atoms with van der Waals surface area (Å²) in [6.45, 7) is 4.59. The van der Waals surface area contributed by atoms with Gasteiger partial charge in [0.15, 0.2) is 0 Å². The van der Waals surface area contributed by atoms with Gasteiger partial charge in [0, 0.05) is 0 Å². The molecule has 0 aliphatic carbocycles. The molecule has 90 valence electrons. The molecule has 2 nitrogen and oxygen atoms in total. The Kier molecular flexibility index (Phi) is 5.56. The van der Waals surface area contributed by atoms with Crippen molar-refractivity contribution < 1.29 is 4.74 Å². The molecule has 1 rings (SSSR count). The Labute approximate surface area is 107 Å². The molecule has 0 bridgehead atoms. The van der Waals surface area contributed by atoms with E-state index in [-0.39, 0.29) is 12.1 Å². The van der Waals surface area contributed by atoms with Crippen LogP contribution in [-0.4, -0.2) is 19.8 Å². The first-order chi connectivity index (χ1) is 7.56. The van der Waals surface area contributed by atoms with Gasteiger partial charge in [0.2, 0.25) is 0 Å². The maximum atomic E-state index is 6.15. The molecule has 0 spiro atoms. The van der Waals surface area contributed by atoms with Gasteiger partial charge in [-0.15, -0.1) is 0 Å². The lowest BCUT2D eigenvalue weighted by molar-refractivity contribution is 0.0626. The minimum atomic E-state index is 0.0635. The van der Waals surface area contributed by atoms with Gasteiger partial charge in [0.05, 0.1) is 28.8 Å². The van der Waals surface area contributed by atoms with Crippen LogP contribution >= 0.6 is 23.2 Å². The number of hydrogen-bond acceptors (Lipinski definition) is 2. The van der Waals surface area contributed by atoms with Crippen LogP contribution in [0.4, 0.5) is 0 Å². The predicted octanol–water partition coefficient (Wildman–Crippen LogP) is 3.68. The molecule has 0 aliphatic heterocycles. The lowest BCUT2D eigenvalue weighted by Crippen LogP contribution is -2.23. The van der Waals surface area contributed by atoms with E-state index in [0.717, 1.165) is 5.56 Å². The van der Waals surface area contributed by atoms with Crippen molar-refractivity contribution in [2.75, 3.05) is 13.7 Å². The van der Waals surface area contributed by atoms with Crippen LogP contribution in [-0.2, 0) is 4.74 Å². The molecular formula is C12H17Cl2NO. The SMILES string of the molecule is CNC(COC(C)C)c1cccc(Cl)c1Cl. The zero-order valence-corrected chi connectivity index (χ0v) is 11.3. The van der Waals surface area contributed by atoms with Crippen molar-refractivity contribution in [3.63, 3.8) is 0 Å². The second kappa shape index (κ2) is 6.45. The third-order valence-electron chi connectivity index (χ3n) is 2.30. The highest BCUT2D eigenvalue weighted by Crippen LogP contribution is 2.30. The molecule has 1 aromatic rings. The molecule has 1 unspecified atom stereocenters. The molecule has 0 fully saturated rings. The molecule has 4 heteroatoms. The molecule has 0 aliphatic rings. The number of rotatable bonds is 5. The molecule has 0 aromatic heterocycles. The average molecular weight is 262 g/mol. The number of benzene rings is 1. The molecule has 1 atom stereocenters. The first-order valence-electron chi connectivity index (χ1n) is 5.29. The minimum Gasteiger partial charge on any atom is -0.377 e. The van der Waals surface area contributed by atoms with Gasteiger partial charge in [-0.25, -0.2) is 0 Å². The highest BCUT2D eigenvalue weighted by Gasteiger charge is 2.15. The first kappa shape index (κ1) is 13.8. The number of likely N-dealkylation sites (N-methyl/N-ethyl adjacent to an activating group) is 1. The summed E-state index contributed by atoms with van der Waals surface area (Å²) in [6, 6.07) is 5.69. The lowest BCUT2D eigenvalue weighted by Gasteiger charge is -2.20. The van der Waals surface area contributed by atoms with Gasteiger partial charge in [-0.05, 0) is 32.5 Å². The molecule has 0 amide bonds. The van der Waals surface area contributed by atoms with Gasteiger partial charge in [-0.3, -0.25) is 0 Å². The Bertz CT molecular complexity index is 342. The summed E-state index contributed by atoms with van der Waals surface area (Å²) in [5.74, 6) is 0. The summed E-state index contributed by atoms with van der Waals surface area (Å²) in [7, 11) is 1.88. The van der Waals surface area contributed by atoms with E-state index in [4.69, 9.17) is 27.9 Å². The topological polar surface area (TPSA) is 21.3 Å². The van der Waals surface area contributed by atoms with Gasteiger partial charge >= 0.3 is 0 Å². The molecule has 0 radical (unpaired) electrons. The van der Waals surface area contributed by atoms with Crippen molar-refractivity contribution in [2.24, 2.45) is 0 Å². The highest BCUT2D eigenvalue weighted by molar-refractivity contribution is 6.42. The van der Waals surface area contributed by atoms with Crippen molar-refractivity contribution in [1.82, 2.24) is 5.32 Å². The van der Waals surface area contributed by atoms with Crippen LogP contribution < -0.4 is 5.32 Å². The van der Waals surface area contributed by atoms with E-state index in [9.17, 15) is 0 Å². The third kappa shape index (κ3) is 3.63. The van der Waals surface area contributed by atoms with Crippen molar-refractivity contribution in [2.45, 2.75) is 26.0 Å². The summed E-state index contributed by atoms with van der Waals surface area (Å²) in [6.07, 6.45) is 0.203. The van der Waals surface area contributed by atoms with E-state index >= 15 is 0 Å². The Hall–Kier alpha value is -0.280. The van der Waals surface area contributed by atoms with Crippen LogP contribution in [0.3, 0.4) is 0 Å². The summed E-state index contributed by atoms with van der Waals surface area (Å²) in [5.41, 5.74) is 0.970. The average Bonchev–Trinajstić information content (AvgIpc) is 2.24. The maximum absolute atomic E-state index is 6.15. The van der Waals surface area contributed by atoms with Crippen LogP contribution in [0.5, 0.6) is 0 Å². The first-order valence-corrected chi connectivity index (χ1v) is 6.04. The summed E-state index contributed by atoms with van der Waals surface area (Å²) in [4.78, 5) is 0. The lowest BCUT2D eigenvalue weighted by atomic mass is 10.1. The molecule has 1 N–H and O–H groups in total. The van der Waals surface area contributed by atoms with Crippen molar-refractivity contribution >= 4 is 23.2 Å². The molecular weight excluding hydrogens is 245 g/mol. The van der Waals surface area contributed by atoms with Crippen LogP contribution in [0, 0.1) is 0 Å². The Morgan fingerprint density at radius 3 is 2.56 bits per heavy atom. The van der Waals surface area contributed by atoms with Gasteiger partial charge in [0.1, 0.15) is 0 Å². The van der Waals surface area contributed by atoms with E-state index < -0.39 is 0 Å². The highest BCUT2D eigenvalue weighted by atomic mass is 35.5. The Morgan fingerprint density at radius 2 is 2.00 bits per heavy atom. The van der Waals surface area contributed by atoms with Gasteiger partial charge in [-0.2, -0.15) is 0 Å². The number of hydrogen-bond donors (Lipinski definition) is 1. The zero-order chi connectivity index (χ0) is 12.1. The van der Waals surface area contributed by atoms with Gasteiger partial charge in [0.25, 0.3) is 0 Å². The van der Waals surface area contributed by atoms with Crippen molar-refractivity contribution in [3.8, 4) is 0 Å². The van der Waals surface area contributed by atoms with Crippen LogP contribution in [0.15, 0.2) is 18.2 Å². The molecule has 0 saturated carbocycles. The summed E-state index contributed by atoms with van der Waals surface area (Å²) >= 11 is 12.1. The molecule has 0 heterocycles. The van der Waals surface area contributed by atoms with E-state index in [1.807, 2.05) is 33.0 Å². The van der Waals surface area contributed by atoms with E-state index in [1.54, 1.807) is 6.07 Å². The van der Waals surface area contributed by atoms with E-state index in [2.05, 4.69) is 5.32 Å². The maximum Gasteiger partial charge on any atom is 0.0665 e. The summed E-state index contributed by atoms with van der Waals surface area (Å²) in [5, 5.41) is 4.34. The smallest absolute Gasteiger partial charge is 0.0665 e. The van der Waals surface area contributed by atoms with Gasteiger partial charge < -0.3 is 10.1 Å². The third-order valence-corrected chi connectivity index (χ3v) is 3.14. The van der Waals surface area contributed by atoms with E-state index in [1.165, 1.54) is 0 Å². The Balaban J connectivity index is 2.82. The van der Waals surface area contributed by atoms with Crippen molar-refractivity contribution in [1.29, 1.82) is 0 Å². The molecule has 16 heavy (non-hydrogen) atoms. The predicted molar refractivity (Wildman–Crippen MR) is 69.4 cm³/mol. The normalized spacial score (nSPS) is 13.1. The second-order valence-electron chi connectivity index (χ2n) is 3.87. The zero-order valence-electron chi connectivity index (χ0n) is 9.76. The molecule has 1 aromatic carbocycles. The van der Waals surface area contributed by atoms with E-state index in [0.29, 0.717) is 16.7 Å². The standard InChI is InChI=1S/C12H17Cl2NO/c1-8(2)16-7-11(15-3)9-5-4-6-10(13)12(9)14/h4-6,8,11,15H,7H2,1-3H3. The fourth-order valence-corrected chi connectivity index (χ4v) is 1.85. The number of ether oxygens (including phenoxy) is 1. The summed E-state index contributed by atoms with van der Waals surface area (Å²) < 4.78 is 5.58. The second-order valence-corrected chi connectivity index (χ2v) is 4.65. The van der Waals surface area contributed by atoms with Crippen LogP contribution in [0.1, 0.15) is 25.5 Å². The van der Waals surface area contributed by atoms with Crippen molar-refractivity contribution in [3.05, 3.63) is 33.8 Å². The largest absolute Gasteiger partial charge is 0.377 e. The fraction of sp³-hybridized carbons (Fsp3) is 0.500. The Morgan fingerprint density at radius 1 is 1.31 bits per heavy atom. The minimum absolute atomic E-state index is 0.0635. The molecule has 0 saturated heterocycles. The number of halogens is 2. The van der Waals surface area contributed by atoms with Crippen LogP contribution in [0.2, 0.25) is 10.0 Å².